The molecule has 292 valence electrons. The number of carboxylic acids is 1. The lowest BCUT2D eigenvalue weighted by Gasteiger charge is -2.35. The molecule has 0 saturated carbocycles. The number of carbonyl (C=O) groups excluding carboxylic acids is 1. The second kappa shape index (κ2) is 14.7. The molecule has 0 bridgehead atoms. The highest BCUT2D eigenvalue weighted by atomic mass is 35.5. The van der Waals surface area contributed by atoms with Crippen molar-refractivity contribution in [1.82, 2.24) is 23.9 Å². The van der Waals surface area contributed by atoms with Crippen LogP contribution in [0.15, 0.2) is 66.9 Å². The molecule has 3 aromatic carbocycles. The number of aromatic carboxylic acids is 1. The first-order chi connectivity index (χ1) is 27.3. The summed E-state index contributed by atoms with van der Waals surface area (Å²) >= 11 is 13.6. The van der Waals surface area contributed by atoms with Gasteiger partial charge in [0.1, 0.15) is 17.1 Å². The van der Waals surface area contributed by atoms with E-state index in [4.69, 9.17) is 33.0 Å². The molecule has 1 aliphatic heterocycles. The van der Waals surface area contributed by atoms with Crippen LogP contribution >= 0.6 is 23.2 Å². The molecule has 1 N–H and O–H groups in total. The van der Waals surface area contributed by atoms with Crippen molar-refractivity contribution in [1.29, 1.82) is 0 Å². The van der Waals surface area contributed by atoms with Crippen molar-refractivity contribution in [2.24, 2.45) is 7.05 Å². The number of hydrogen-bond donors (Lipinski definition) is 1. The van der Waals surface area contributed by atoms with Gasteiger partial charge in [-0.2, -0.15) is 5.10 Å². The fourth-order valence-electron chi connectivity index (χ4n) is 8.63. The Morgan fingerprint density at radius 1 is 0.947 bits per heavy atom. The fraction of sp³-hybridized carbons (Fsp3) is 0.289. The third-order valence-corrected chi connectivity index (χ3v) is 12.3. The molecule has 0 unspecified atom stereocenters. The molecule has 1 amide bonds. The van der Waals surface area contributed by atoms with Gasteiger partial charge in [-0.15, -0.1) is 0 Å². The number of benzene rings is 3. The van der Waals surface area contributed by atoms with Gasteiger partial charge in [0.2, 0.25) is 0 Å². The number of hydrogen-bond acceptors (Lipinski definition) is 5. The number of aryl methyl sites for hydroxylation is 6. The number of amides is 1. The fourth-order valence-corrected chi connectivity index (χ4v) is 8.99. The van der Waals surface area contributed by atoms with Gasteiger partial charge < -0.3 is 23.9 Å². The number of nitrogens with zero attached hydrogens (tertiary/aromatic N) is 6. The van der Waals surface area contributed by atoms with Gasteiger partial charge in [-0.25, -0.2) is 4.79 Å². The van der Waals surface area contributed by atoms with Crippen LogP contribution in [0, 0.1) is 34.6 Å². The van der Waals surface area contributed by atoms with Crippen LogP contribution in [0.1, 0.15) is 79.7 Å². The van der Waals surface area contributed by atoms with Crippen molar-refractivity contribution in [2.75, 3.05) is 18.1 Å². The van der Waals surface area contributed by atoms with Gasteiger partial charge in [0.15, 0.2) is 0 Å². The van der Waals surface area contributed by atoms with Crippen LogP contribution in [0.3, 0.4) is 0 Å². The summed E-state index contributed by atoms with van der Waals surface area (Å²) in [4.78, 5) is 34.5. The van der Waals surface area contributed by atoms with Crippen LogP contribution in [0.25, 0.3) is 32.9 Å². The van der Waals surface area contributed by atoms with E-state index in [9.17, 15) is 9.90 Å². The average molecular weight is 804 g/mol. The second-order valence-electron chi connectivity index (χ2n) is 15.2. The van der Waals surface area contributed by atoms with E-state index >= 15 is 4.79 Å². The quantitative estimate of drug-likeness (QED) is 0.138. The van der Waals surface area contributed by atoms with Crippen LogP contribution in [0.5, 0.6) is 5.75 Å². The van der Waals surface area contributed by atoms with Gasteiger partial charge >= 0.3 is 5.97 Å². The highest BCUT2D eigenvalue weighted by Gasteiger charge is 2.38. The van der Waals surface area contributed by atoms with E-state index in [1.165, 1.54) is 0 Å². The lowest BCUT2D eigenvalue weighted by atomic mass is 9.98. The van der Waals surface area contributed by atoms with Crippen molar-refractivity contribution in [3.05, 3.63) is 128 Å². The van der Waals surface area contributed by atoms with Crippen molar-refractivity contribution >= 4 is 62.6 Å². The normalized spacial score (nSPS) is 14.2. The lowest BCUT2D eigenvalue weighted by molar-refractivity contribution is 0.0686. The number of carbonyl (C=O) groups is 2. The third kappa shape index (κ3) is 6.45. The first kappa shape index (κ1) is 38.3. The summed E-state index contributed by atoms with van der Waals surface area (Å²) in [7, 11) is 1.92. The summed E-state index contributed by atoms with van der Waals surface area (Å²) in [6, 6.07) is 18.8. The Labute approximate surface area is 341 Å². The number of aromatic nitrogens is 5. The smallest absolute Gasteiger partial charge is 0.352 e. The summed E-state index contributed by atoms with van der Waals surface area (Å²) in [5.41, 5.74) is 11.1. The number of carboxylic acid groups (broad SMARTS) is 1. The first-order valence-corrected chi connectivity index (χ1v) is 19.9. The van der Waals surface area contributed by atoms with E-state index in [0.717, 1.165) is 77.5 Å². The second-order valence-corrected chi connectivity index (χ2v) is 16.0. The zero-order valence-corrected chi connectivity index (χ0v) is 34.6. The van der Waals surface area contributed by atoms with Crippen LogP contribution in [0.4, 0.5) is 5.69 Å². The van der Waals surface area contributed by atoms with Crippen molar-refractivity contribution in [3.8, 4) is 16.9 Å². The maximum absolute atomic E-state index is 15.4. The Balaban J connectivity index is 1.28. The Bertz CT molecular complexity index is 2760. The number of rotatable bonds is 10. The minimum absolute atomic E-state index is 0.127. The minimum Gasteiger partial charge on any atom is -0.494 e. The lowest BCUT2D eigenvalue weighted by Crippen LogP contribution is -2.43. The molecule has 0 saturated heterocycles. The molecule has 7 aromatic rings. The molecule has 57 heavy (non-hydrogen) atoms. The molecule has 4 aromatic heterocycles. The Kier molecular flexibility index (Phi) is 9.90. The summed E-state index contributed by atoms with van der Waals surface area (Å²) in [6.07, 6.45) is 2.91. The minimum atomic E-state index is -1.05. The Morgan fingerprint density at radius 2 is 1.70 bits per heavy atom. The summed E-state index contributed by atoms with van der Waals surface area (Å²) in [6.45, 7) is 13.0. The molecule has 0 spiro atoms. The molecule has 8 rings (SSSR count). The van der Waals surface area contributed by atoms with Gasteiger partial charge in [-0.1, -0.05) is 47.5 Å². The number of ether oxygens (including phenoxy) is 1. The molecular formula is C45H44Cl2N6O4. The predicted octanol–water partition coefficient (Wildman–Crippen LogP) is 10.2. The SMILES string of the molecule is Cc1cccnc1Cn1c(C(=O)O)cc2cccc(N3C[C@@H](C)n4c(c(CCCOc5cc(C)c(Cl)c(C)c5)c5ccc(Cl)c(-c6c(C)nn(C)c6C)c54)C3=O)c21. The maximum Gasteiger partial charge on any atom is 0.352 e. The molecule has 0 fully saturated rings. The highest BCUT2D eigenvalue weighted by Crippen LogP contribution is 2.46. The molecule has 5 heterocycles. The number of para-hydroxylation sites is 1. The summed E-state index contributed by atoms with van der Waals surface area (Å²) < 4.78 is 12.1. The molecule has 1 atom stereocenters. The standard InChI is InChI=1S/C45H44Cl2N6O4/c1-24-11-9-17-48-35(24)23-51-37(45(55)56)21-30-12-8-14-36(41(30)51)52-22-27(4)53-42-33(15-16-34(46)39(42)38-28(5)49-50(7)29(38)6)32(43(53)44(52)54)13-10-18-57-31-19-25(2)40(47)26(3)20-31/h8-9,11-12,14-17,19-21,27H,10,13,18,22-23H2,1-7H3,(H,55,56)/t27-/m1/s1. The van der Waals surface area contributed by atoms with Gasteiger partial charge in [0.25, 0.3) is 5.91 Å². The largest absolute Gasteiger partial charge is 0.494 e. The van der Waals surface area contributed by atoms with Crippen LogP contribution < -0.4 is 9.64 Å². The van der Waals surface area contributed by atoms with Crippen LogP contribution in [-0.2, 0) is 20.0 Å². The molecule has 1 aliphatic rings. The monoisotopic (exact) mass is 802 g/mol. The van der Waals surface area contributed by atoms with Gasteiger partial charge in [0.05, 0.1) is 46.3 Å². The highest BCUT2D eigenvalue weighted by molar-refractivity contribution is 6.35. The number of halogens is 2. The van der Waals surface area contributed by atoms with Gasteiger partial charge in [-0.3, -0.25) is 14.5 Å². The zero-order chi connectivity index (χ0) is 40.4. The van der Waals surface area contributed by atoms with E-state index < -0.39 is 5.97 Å². The van der Waals surface area contributed by atoms with Crippen LogP contribution in [-0.4, -0.2) is 54.0 Å². The molecule has 10 nitrogen and oxygen atoms in total. The van der Waals surface area contributed by atoms with Gasteiger partial charge in [0, 0.05) is 58.4 Å². The van der Waals surface area contributed by atoms with Crippen LogP contribution in [0.2, 0.25) is 10.0 Å². The van der Waals surface area contributed by atoms with E-state index in [-0.39, 0.29) is 24.2 Å². The number of fused-ring (bicyclic) bond motifs is 4. The van der Waals surface area contributed by atoms with Gasteiger partial charge in [-0.05, 0) is 113 Å². The van der Waals surface area contributed by atoms with E-state index in [1.54, 1.807) is 16.8 Å². The zero-order valence-electron chi connectivity index (χ0n) is 33.1. The van der Waals surface area contributed by atoms with E-state index in [2.05, 4.69) is 16.5 Å². The third-order valence-electron chi connectivity index (χ3n) is 11.4. The predicted molar refractivity (Wildman–Crippen MR) is 227 cm³/mol. The van der Waals surface area contributed by atoms with E-state index in [1.807, 2.05) is 106 Å². The number of pyridine rings is 1. The first-order valence-electron chi connectivity index (χ1n) is 19.1. The van der Waals surface area contributed by atoms with Crippen molar-refractivity contribution in [3.63, 3.8) is 0 Å². The molecule has 12 heteroatoms. The van der Waals surface area contributed by atoms with Crippen molar-refractivity contribution < 1.29 is 19.4 Å². The molecule has 0 radical (unpaired) electrons. The van der Waals surface area contributed by atoms with Crippen molar-refractivity contribution in [2.45, 2.75) is 67.0 Å². The number of anilines is 1. The van der Waals surface area contributed by atoms with E-state index in [0.29, 0.717) is 47.9 Å². The topological polar surface area (TPSA) is 107 Å². The maximum atomic E-state index is 15.4. The molecule has 0 aliphatic carbocycles. The Morgan fingerprint density at radius 3 is 2.39 bits per heavy atom. The Hall–Kier alpha value is -5.58. The summed E-state index contributed by atoms with van der Waals surface area (Å²) in [5.74, 6) is -0.469. The average Bonchev–Trinajstić information content (AvgIpc) is 3.80. The summed E-state index contributed by atoms with van der Waals surface area (Å²) in [5, 5.41) is 18.1. The molecular weight excluding hydrogens is 759 g/mol.